The molecule has 1 aromatic carbocycles. The fourth-order valence-corrected chi connectivity index (χ4v) is 5.94. The quantitative estimate of drug-likeness (QED) is 0.228. The van der Waals surface area contributed by atoms with Gasteiger partial charge in [0.2, 0.25) is 0 Å². The highest BCUT2D eigenvalue weighted by Gasteiger charge is 2.22. The maximum atomic E-state index is 13.5. The number of aromatic nitrogens is 3. The Bertz CT molecular complexity index is 1360. The van der Waals surface area contributed by atoms with Gasteiger partial charge in [0.25, 0.3) is 5.56 Å². The third-order valence-corrected chi connectivity index (χ3v) is 7.64. The Morgan fingerprint density at radius 1 is 1.38 bits per heavy atom. The summed E-state index contributed by atoms with van der Waals surface area (Å²) >= 11 is 2.84. The van der Waals surface area contributed by atoms with E-state index in [0.29, 0.717) is 39.0 Å². The van der Waals surface area contributed by atoms with E-state index in [1.54, 1.807) is 30.0 Å². The van der Waals surface area contributed by atoms with Crippen LogP contribution in [0.1, 0.15) is 28.8 Å². The molecule has 0 unspecified atom stereocenters. The lowest BCUT2D eigenvalue weighted by Gasteiger charge is -2.16. The normalized spacial score (nSPS) is 16.1. The predicted octanol–water partition coefficient (Wildman–Crippen LogP) is 4.30. The second kappa shape index (κ2) is 9.01. The molecule has 1 fully saturated rings. The Hall–Kier alpha value is -2.75. The second-order valence-corrected chi connectivity index (χ2v) is 9.50. The molecule has 7 nitrogen and oxygen atoms in total. The number of nitrogens with zero attached hydrogens (tertiary/aromatic N) is 3. The van der Waals surface area contributed by atoms with E-state index >= 15 is 0 Å². The smallest absolute Gasteiger partial charge is 0.272 e. The average molecular weight is 468 g/mol. The number of ether oxygens (including phenoxy) is 2. The Labute approximate surface area is 192 Å². The molecule has 1 saturated heterocycles. The van der Waals surface area contributed by atoms with Crippen LogP contribution in [0.2, 0.25) is 0 Å². The van der Waals surface area contributed by atoms with Crippen molar-refractivity contribution in [2.45, 2.75) is 36.4 Å². The number of fused-ring (bicyclic) bond motifs is 3. The van der Waals surface area contributed by atoms with Crippen molar-refractivity contribution in [3.63, 3.8) is 0 Å². The third kappa shape index (κ3) is 3.92. The molecule has 1 aliphatic heterocycles. The minimum atomic E-state index is -0.0652. The lowest BCUT2D eigenvalue weighted by Crippen LogP contribution is -2.28. The van der Waals surface area contributed by atoms with Crippen molar-refractivity contribution in [3.05, 3.63) is 58.0 Å². The van der Waals surface area contributed by atoms with E-state index < -0.39 is 0 Å². The van der Waals surface area contributed by atoms with Gasteiger partial charge in [-0.1, -0.05) is 11.8 Å². The van der Waals surface area contributed by atoms with Crippen LogP contribution >= 0.6 is 23.1 Å². The van der Waals surface area contributed by atoms with Crippen LogP contribution < -0.4 is 10.3 Å². The van der Waals surface area contributed by atoms with Crippen molar-refractivity contribution < 1.29 is 14.3 Å². The summed E-state index contributed by atoms with van der Waals surface area (Å²) in [5.41, 5.74) is 2.07. The van der Waals surface area contributed by atoms with Gasteiger partial charge in [0.15, 0.2) is 5.16 Å². The Balaban J connectivity index is 1.59. The van der Waals surface area contributed by atoms with E-state index in [9.17, 15) is 9.59 Å². The number of hydrogen-bond donors (Lipinski definition) is 0. The van der Waals surface area contributed by atoms with Crippen LogP contribution in [0.5, 0.6) is 5.75 Å². The maximum absolute atomic E-state index is 13.5. The largest absolute Gasteiger partial charge is 0.496 e. The van der Waals surface area contributed by atoms with E-state index in [1.165, 1.54) is 23.1 Å². The molecule has 0 saturated carbocycles. The molecule has 0 radical (unpaired) electrons. The third-order valence-electron chi connectivity index (χ3n) is 5.53. The highest BCUT2D eigenvalue weighted by atomic mass is 32.2. The van der Waals surface area contributed by atoms with Crippen molar-refractivity contribution in [1.29, 1.82) is 0 Å². The molecule has 164 valence electrons. The highest BCUT2D eigenvalue weighted by molar-refractivity contribution is 7.98. The van der Waals surface area contributed by atoms with Crippen molar-refractivity contribution >= 4 is 49.8 Å². The minimum absolute atomic E-state index is 0.00623. The van der Waals surface area contributed by atoms with Gasteiger partial charge >= 0.3 is 0 Å². The van der Waals surface area contributed by atoms with Crippen LogP contribution in [0.15, 0.2) is 46.5 Å². The topological polar surface area (TPSA) is 83.3 Å². The summed E-state index contributed by atoms with van der Waals surface area (Å²) in [7, 11) is 1.60. The lowest BCUT2D eigenvalue weighted by atomic mass is 10.1. The first-order valence-corrected chi connectivity index (χ1v) is 12.1. The van der Waals surface area contributed by atoms with Gasteiger partial charge in [-0.3, -0.25) is 14.2 Å². The van der Waals surface area contributed by atoms with E-state index in [1.807, 2.05) is 18.2 Å². The first kappa shape index (κ1) is 21.1. The van der Waals surface area contributed by atoms with E-state index in [-0.39, 0.29) is 11.7 Å². The zero-order valence-corrected chi connectivity index (χ0v) is 19.1. The monoisotopic (exact) mass is 467 g/mol. The Morgan fingerprint density at radius 3 is 3.06 bits per heavy atom. The van der Waals surface area contributed by atoms with Gasteiger partial charge in [-0.05, 0) is 43.2 Å². The summed E-state index contributed by atoms with van der Waals surface area (Å²) < 4.78 is 13.6. The molecule has 4 aromatic rings. The molecule has 0 aliphatic carbocycles. The van der Waals surface area contributed by atoms with Gasteiger partial charge < -0.3 is 9.47 Å². The molecule has 3 aromatic heterocycles. The zero-order chi connectivity index (χ0) is 22.1. The molecular weight excluding hydrogens is 446 g/mol. The second-order valence-electron chi connectivity index (χ2n) is 7.56. The number of thiophene rings is 1. The summed E-state index contributed by atoms with van der Waals surface area (Å²) in [6.07, 6.45) is 4.48. The Morgan fingerprint density at radius 2 is 2.28 bits per heavy atom. The van der Waals surface area contributed by atoms with Crippen molar-refractivity contribution in [1.82, 2.24) is 14.5 Å². The van der Waals surface area contributed by atoms with Gasteiger partial charge in [-0.15, -0.1) is 11.3 Å². The van der Waals surface area contributed by atoms with Gasteiger partial charge in [-0.2, -0.15) is 0 Å². The van der Waals surface area contributed by atoms with E-state index in [0.717, 1.165) is 41.5 Å². The fourth-order valence-electron chi connectivity index (χ4n) is 3.93. The van der Waals surface area contributed by atoms with Crippen LogP contribution in [-0.2, 0) is 17.0 Å². The Kier molecular flexibility index (Phi) is 5.95. The highest BCUT2D eigenvalue weighted by Crippen LogP contribution is 2.33. The molecule has 9 heteroatoms. The minimum Gasteiger partial charge on any atom is -0.496 e. The molecule has 32 heavy (non-hydrogen) atoms. The molecule has 5 rings (SSSR count). The molecule has 0 spiro atoms. The van der Waals surface area contributed by atoms with Crippen molar-refractivity contribution in [3.8, 4) is 5.75 Å². The number of carbonyl (C=O) groups is 1. The molecule has 0 N–H and O–H groups in total. The average Bonchev–Trinajstić information content (AvgIpc) is 3.47. The summed E-state index contributed by atoms with van der Waals surface area (Å²) in [5, 5.41) is 1.51. The van der Waals surface area contributed by atoms with Crippen molar-refractivity contribution in [2.75, 3.05) is 13.7 Å². The number of thioether (sulfide) groups is 1. The van der Waals surface area contributed by atoms with E-state index in [4.69, 9.17) is 14.5 Å². The van der Waals surface area contributed by atoms with Crippen LogP contribution in [0.25, 0.3) is 20.4 Å². The SMILES string of the molecule is COc1ccc(C=O)cc1CSc1nc2c(sc3ncccc32)c(=O)n1C[C@@H]1CCCO1. The van der Waals surface area contributed by atoms with Crippen LogP contribution in [0, 0.1) is 0 Å². The van der Waals surface area contributed by atoms with Gasteiger partial charge in [0, 0.05) is 35.1 Å². The zero-order valence-electron chi connectivity index (χ0n) is 17.4. The number of aldehydes is 1. The van der Waals surface area contributed by atoms with Gasteiger partial charge in [0.1, 0.15) is 21.6 Å². The number of pyridine rings is 1. The maximum Gasteiger partial charge on any atom is 0.272 e. The summed E-state index contributed by atoms with van der Waals surface area (Å²) in [5.74, 6) is 1.21. The van der Waals surface area contributed by atoms with Crippen LogP contribution in [-0.4, -0.2) is 40.6 Å². The molecule has 0 amide bonds. The summed E-state index contributed by atoms with van der Waals surface area (Å²) in [6.45, 7) is 1.19. The summed E-state index contributed by atoms with van der Waals surface area (Å²) in [6, 6.07) is 9.12. The van der Waals surface area contributed by atoms with Crippen molar-refractivity contribution in [2.24, 2.45) is 0 Å². The van der Waals surface area contributed by atoms with Gasteiger partial charge in [-0.25, -0.2) is 9.97 Å². The number of rotatable bonds is 7. The molecule has 4 heterocycles. The summed E-state index contributed by atoms with van der Waals surface area (Å²) in [4.78, 5) is 34.9. The van der Waals surface area contributed by atoms with Crippen LogP contribution in [0.4, 0.5) is 0 Å². The lowest BCUT2D eigenvalue weighted by molar-refractivity contribution is 0.0937. The molecular formula is C23H21N3O4S2. The number of benzene rings is 1. The predicted molar refractivity (Wildman–Crippen MR) is 126 cm³/mol. The first-order valence-electron chi connectivity index (χ1n) is 10.3. The van der Waals surface area contributed by atoms with Crippen LogP contribution in [0.3, 0.4) is 0 Å². The molecule has 0 bridgehead atoms. The standard InChI is InChI=1S/C23H21N3O4S2/c1-29-18-7-6-14(12-27)10-15(18)13-31-23-25-19-17-5-2-8-24-21(17)32-20(19)22(28)26(23)11-16-4-3-9-30-16/h2,5-8,10,12,16H,3-4,9,11,13H2,1H3/t16-/m0/s1. The fraction of sp³-hybridized carbons (Fsp3) is 0.304. The molecule has 1 atom stereocenters. The number of methoxy groups -OCH3 is 1. The number of hydrogen-bond acceptors (Lipinski definition) is 8. The number of carbonyl (C=O) groups excluding carboxylic acids is 1. The van der Waals surface area contributed by atoms with Gasteiger partial charge in [0.05, 0.1) is 25.3 Å². The molecule has 1 aliphatic rings. The van der Waals surface area contributed by atoms with E-state index in [2.05, 4.69) is 4.98 Å². The first-order chi connectivity index (χ1) is 15.7.